The van der Waals surface area contributed by atoms with Gasteiger partial charge in [-0.15, -0.1) is 0 Å². The van der Waals surface area contributed by atoms with Gasteiger partial charge < -0.3 is 0 Å². The second kappa shape index (κ2) is 18.3. The number of hydrogen-bond donors (Lipinski definition) is 0. The summed E-state index contributed by atoms with van der Waals surface area (Å²) < 4.78 is 14.6. The van der Waals surface area contributed by atoms with Crippen LogP contribution in [0.4, 0.5) is 0 Å². The Morgan fingerprint density at radius 2 is 1.10 bits per heavy atom. The van der Waals surface area contributed by atoms with Crippen LogP contribution in [0.3, 0.4) is 0 Å². The molecule has 0 aromatic rings. The third-order valence-corrected chi connectivity index (χ3v) is 26.0. The van der Waals surface area contributed by atoms with Crippen molar-refractivity contribution in [1.29, 1.82) is 0 Å². The van der Waals surface area contributed by atoms with Crippen molar-refractivity contribution in [3.63, 3.8) is 0 Å². The van der Waals surface area contributed by atoms with Gasteiger partial charge in [-0.1, -0.05) is 0 Å². The van der Waals surface area contributed by atoms with E-state index in [0.29, 0.717) is 6.10 Å². The fraction of sp³-hybridized carbons (Fsp3) is 0.923. The first-order valence-electron chi connectivity index (χ1n) is 13.4. The molecule has 0 spiro atoms. The quantitative estimate of drug-likeness (QED) is 0.112. The van der Waals surface area contributed by atoms with E-state index in [-0.39, 0.29) is 0 Å². The Labute approximate surface area is 190 Å². The Morgan fingerprint density at radius 1 is 0.655 bits per heavy atom. The zero-order valence-electron chi connectivity index (χ0n) is 21.5. The molecule has 1 unspecified atom stereocenters. The van der Waals surface area contributed by atoms with Gasteiger partial charge in [0, 0.05) is 0 Å². The van der Waals surface area contributed by atoms with Crippen LogP contribution in [-0.4, -0.2) is 32.8 Å². The SMILES string of the molecule is CCCCCC(/C=[CH]/[Sn]([CH2]CCC)([CH2]CCC)[CH2]CCC)O[Si](CC)(CC)CC. The Balaban J connectivity index is 5.59. The van der Waals surface area contributed by atoms with Crippen LogP contribution in [0.2, 0.25) is 31.4 Å². The zero-order valence-corrected chi connectivity index (χ0v) is 25.3. The summed E-state index contributed by atoms with van der Waals surface area (Å²) in [5.41, 5.74) is 0. The molecule has 0 fully saturated rings. The molecule has 1 atom stereocenters. The Hall–Kier alpha value is 0.716. The van der Waals surface area contributed by atoms with Gasteiger partial charge in [0.05, 0.1) is 0 Å². The minimum absolute atomic E-state index is 0.397. The molecule has 174 valence electrons. The summed E-state index contributed by atoms with van der Waals surface area (Å²) in [6.07, 6.45) is 16.7. The maximum atomic E-state index is 7.03. The van der Waals surface area contributed by atoms with Crippen LogP contribution in [0, 0.1) is 0 Å². The van der Waals surface area contributed by atoms with Crippen LogP contribution in [0.1, 0.15) is 113 Å². The standard InChI is InChI=1S/C14H29OSi.3C4H9.Sn/c1-6-11-12-13-14(7-2)15-16(8-3,9-4)10-5;3*1-3-4-2;/h2,7,14H,6,8-13H2,1,3-5H3;3*1,3-4H2,2H3;. The van der Waals surface area contributed by atoms with E-state index in [0.717, 1.165) is 0 Å². The number of unbranched alkanes of at least 4 members (excludes halogenated alkanes) is 5. The minimum atomic E-state index is -2.20. The normalized spacial score (nSPS) is 14.0. The molecule has 0 rings (SSSR count). The fourth-order valence-corrected chi connectivity index (χ4v) is 21.9. The summed E-state index contributed by atoms with van der Waals surface area (Å²) in [5.74, 6) is 0. The molecule has 0 heterocycles. The monoisotopic (exact) mass is 532 g/mol. The first kappa shape index (κ1) is 29.7. The third kappa shape index (κ3) is 12.4. The van der Waals surface area contributed by atoms with Crippen molar-refractivity contribution in [3.05, 3.63) is 10.2 Å². The van der Waals surface area contributed by atoms with Crippen molar-refractivity contribution < 1.29 is 4.43 Å². The molecule has 3 heteroatoms. The van der Waals surface area contributed by atoms with E-state index in [1.54, 1.807) is 13.3 Å². The number of hydrogen-bond acceptors (Lipinski definition) is 1. The Kier molecular flexibility index (Phi) is 18.8. The molecule has 1 nitrogen and oxygen atoms in total. The van der Waals surface area contributed by atoms with Gasteiger partial charge in [0.25, 0.3) is 0 Å². The van der Waals surface area contributed by atoms with Crippen LogP contribution in [0.25, 0.3) is 0 Å². The van der Waals surface area contributed by atoms with E-state index in [2.05, 4.69) is 58.6 Å². The van der Waals surface area contributed by atoms with Crippen molar-refractivity contribution >= 4 is 26.7 Å². The van der Waals surface area contributed by atoms with Crippen molar-refractivity contribution in [2.75, 3.05) is 0 Å². The summed E-state index contributed by atoms with van der Waals surface area (Å²) in [6.45, 7) is 16.6. The van der Waals surface area contributed by atoms with E-state index >= 15 is 0 Å². The molecule has 0 aliphatic heterocycles. The predicted octanol–water partition coefficient (Wildman–Crippen LogP) is 9.90. The molecule has 0 aliphatic carbocycles. The van der Waals surface area contributed by atoms with Gasteiger partial charge in [0.15, 0.2) is 0 Å². The van der Waals surface area contributed by atoms with Gasteiger partial charge in [-0.2, -0.15) is 0 Å². The zero-order chi connectivity index (χ0) is 22.0. The third-order valence-electron chi connectivity index (χ3n) is 7.18. The Bertz CT molecular complexity index is 362. The predicted molar refractivity (Wildman–Crippen MR) is 140 cm³/mol. The number of rotatable bonds is 20. The molecule has 0 radical (unpaired) electrons. The van der Waals surface area contributed by atoms with Crippen molar-refractivity contribution in [2.45, 2.75) is 150 Å². The first-order chi connectivity index (χ1) is 14.0. The molecular weight excluding hydrogens is 475 g/mol. The molecule has 29 heavy (non-hydrogen) atoms. The van der Waals surface area contributed by atoms with E-state index in [4.69, 9.17) is 4.43 Å². The average molecular weight is 532 g/mol. The molecule has 0 aliphatic rings. The summed E-state index contributed by atoms with van der Waals surface area (Å²) >= 11 is -2.20. The van der Waals surface area contributed by atoms with Gasteiger partial charge >= 0.3 is 192 Å². The molecule has 0 N–H and O–H groups in total. The van der Waals surface area contributed by atoms with Crippen molar-refractivity contribution in [1.82, 2.24) is 0 Å². The van der Waals surface area contributed by atoms with Crippen molar-refractivity contribution in [2.24, 2.45) is 0 Å². The van der Waals surface area contributed by atoms with Crippen LogP contribution in [-0.2, 0) is 4.43 Å². The fourth-order valence-electron chi connectivity index (χ4n) is 4.63. The molecule has 0 aromatic heterocycles. The summed E-state index contributed by atoms with van der Waals surface area (Å²) in [6, 6.07) is 3.82. The van der Waals surface area contributed by atoms with Crippen LogP contribution >= 0.6 is 0 Å². The van der Waals surface area contributed by atoms with Crippen molar-refractivity contribution in [3.8, 4) is 0 Å². The topological polar surface area (TPSA) is 9.23 Å². The van der Waals surface area contributed by atoms with Crippen LogP contribution in [0.5, 0.6) is 0 Å². The van der Waals surface area contributed by atoms with E-state index in [1.165, 1.54) is 82.3 Å². The van der Waals surface area contributed by atoms with Gasteiger partial charge in [-0.3, -0.25) is 0 Å². The molecule has 0 aromatic carbocycles. The molecule has 0 amide bonds. The molecule has 0 saturated heterocycles. The van der Waals surface area contributed by atoms with E-state index in [1.807, 2.05) is 0 Å². The molecular formula is C26H56OSiSn. The van der Waals surface area contributed by atoms with Gasteiger partial charge in [-0.25, -0.2) is 0 Å². The maximum absolute atomic E-state index is 7.03. The van der Waals surface area contributed by atoms with Crippen LogP contribution < -0.4 is 0 Å². The van der Waals surface area contributed by atoms with E-state index < -0.39 is 26.7 Å². The van der Waals surface area contributed by atoms with Crippen LogP contribution in [0.15, 0.2) is 10.2 Å². The summed E-state index contributed by atoms with van der Waals surface area (Å²) in [5, 5.41) is 0. The summed E-state index contributed by atoms with van der Waals surface area (Å²) in [7, 11) is -1.54. The second-order valence-electron chi connectivity index (χ2n) is 9.43. The Morgan fingerprint density at radius 3 is 1.48 bits per heavy atom. The average Bonchev–Trinajstić information content (AvgIpc) is 2.76. The van der Waals surface area contributed by atoms with E-state index in [9.17, 15) is 0 Å². The van der Waals surface area contributed by atoms with Gasteiger partial charge in [-0.05, 0) is 0 Å². The summed E-state index contributed by atoms with van der Waals surface area (Å²) in [4.78, 5) is 0. The molecule has 0 bridgehead atoms. The molecule has 0 saturated carbocycles. The second-order valence-corrected chi connectivity index (χ2v) is 27.2. The van der Waals surface area contributed by atoms with Gasteiger partial charge in [0.2, 0.25) is 0 Å². The first-order valence-corrected chi connectivity index (χ1v) is 23.6. The van der Waals surface area contributed by atoms with Gasteiger partial charge in [0.1, 0.15) is 0 Å².